The molecule has 0 unspecified atom stereocenters. The Hall–Kier alpha value is -0.200. The first-order valence-corrected chi connectivity index (χ1v) is 4.03. The Morgan fingerprint density at radius 1 is 1.89 bits per heavy atom. The molecule has 6 heteroatoms. The first-order valence-electron chi connectivity index (χ1n) is 2.21. The summed E-state index contributed by atoms with van der Waals surface area (Å²) in [6, 6.07) is 0. The number of aliphatic hydroxyl groups excluding tert-OH is 1. The highest BCUT2D eigenvalue weighted by Crippen LogP contribution is 2.07. The van der Waals surface area contributed by atoms with Gasteiger partial charge in [-0.2, -0.15) is 4.09 Å². The number of hydrogen-bond donors (Lipinski definition) is 2. The fraction of sp³-hybridized carbons (Fsp3) is 0.333. The van der Waals surface area contributed by atoms with E-state index < -0.39 is 0 Å². The highest BCUT2D eigenvalue weighted by atomic mass is 33.1. The predicted octanol–water partition coefficient (Wildman–Crippen LogP) is 0.111. The van der Waals surface area contributed by atoms with E-state index in [1.165, 1.54) is 4.09 Å². The van der Waals surface area contributed by atoms with Crippen molar-refractivity contribution in [3.05, 3.63) is 11.9 Å². The van der Waals surface area contributed by atoms with Crippen molar-refractivity contribution in [2.75, 3.05) is 0 Å². The lowest BCUT2D eigenvalue weighted by atomic mass is 10.5. The maximum atomic E-state index is 8.50. The Labute approximate surface area is 61.2 Å². The second-order valence-electron chi connectivity index (χ2n) is 1.35. The van der Waals surface area contributed by atoms with E-state index in [1.807, 2.05) is 0 Å². The molecule has 0 atom stereocenters. The molecule has 0 aliphatic rings. The van der Waals surface area contributed by atoms with Crippen molar-refractivity contribution in [2.45, 2.75) is 6.61 Å². The fourth-order valence-electron chi connectivity index (χ4n) is 0.393. The molecule has 4 nitrogen and oxygen atoms in total. The highest BCUT2D eigenvalue weighted by Gasteiger charge is 1.95. The summed E-state index contributed by atoms with van der Waals surface area (Å²) in [5, 5.41) is 15.7. The molecule has 0 bridgehead atoms. The molecule has 0 radical (unpaired) electrons. The molecule has 0 amide bonds. The first-order chi connectivity index (χ1) is 4.36. The topological polar surface area (TPSA) is 50.9 Å². The molecular formula is C3H5N3OS2. The average molecular weight is 163 g/mol. The van der Waals surface area contributed by atoms with Crippen LogP contribution >= 0.6 is 22.6 Å². The van der Waals surface area contributed by atoms with Gasteiger partial charge in [-0.15, -0.1) is 5.10 Å². The Kier molecular flexibility index (Phi) is 2.38. The van der Waals surface area contributed by atoms with Crippen LogP contribution in [0.3, 0.4) is 0 Å². The summed E-state index contributed by atoms with van der Waals surface area (Å²) in [5.41, 5.74) is 0.552. The van der Waals surface area contributed by atoms with Crippen LogP contribution in [0.15, 0.2) is 6.20 Å². The van der Waals surface area contributed by atoms with Crippen LogP contribution in [0.5, 0.6) is 0 Å². The largest absolute Gasteiger partial charge is 0.390 e. The number of nitrogens with zero attached hydrogens (tertiary/aromatic N) is 3. The smallest absolute Gasteiger partial charge is 0.109 e. The zero-order chi connectivity index (χ0) is 6.69. The van der Waals surface area contributed by atoms with Crippen molar-refractivity contribution < 1.29 is 5.11 Å². The molecule has 1 heterocycles. The summed E-state index contributed by atoms with van der Waals surface area (Å²) < 4.78 is 1.45. The van der Waals surface area contributed by atoms with Crippen molar-refractivity contribution >= 4 is 22.6 Å². The van der Waals surface area contributed by atoms with E-state index in [2.05, 4.69) is 22.0 Å². The Morgan fingerprint density at radius 3 is 3.00 bits per heavy atom. The van der Waals surface area contributed by atoms with Gasteiger partial charge in [0.05, 0.1) is 12.8 Å². The van der Waals surface area contributed by atoms with Crippen molar-refractivity contribution in [1.82, 2.24) is 14.4 Å². The van der Waals surface area contributed by atoms with E-state index in [0.29, 0.717) is 5.69 Å². The summed E-state index contributed by atoms with van der Waals surface area (Å²) in [4.78, 5) is 0. The summed E-state index contributed by atoms with van der Waals surface area (Å²) in [5.74, 6) is 0. The van der Waals surface area contributed by atoms with Gasteiger partial charge in [0, 0.05) is 11.0 Å². The zero-order valence-corrected chi connectivity index (χ0v) is 6.14. The van der Waals surface area contributed by atoms with Gasteiger partial charge in [0.2, 0.25) is 0 Å². The van der Waals surface area contributed by atoms with Gasteiger partial charge in [0.25, 0.3) is 0 Å². The predicted molar refractivity (Wildman–Crippen MR) is 37.9 cm³/mol. The van der Waals surface area contributed by atoms with Crippen LogP contribution in [-0.4, -0.2) is 19.5 Å². The van der Waals surface area contributed by atoms with Crippen molar-refractivity contribution in [3.63, 3.8) is 0 Å². The van der Waals surface area contributed by atoms with E-state index in [0.717, 1.165) is 11.0 Å². The Bertz CT molecular complexity index is 170. The van der Waals surface area contributed by atoms with Crippen LogP contribution in [0, 0.1) is 0 Å². The van der Waals surface area contributed by atoms with Gasteiger partial charge >= 0.3 is 0 Å². The van der Waals surface area contributed by atoms with Gasteiger partial charge < -0.3 is 5.11 Å². The van der Waals surface area contributed by atoms with Gasteiger partial charge in [0.15, 0.2) is 0 Å². The molecule has 1 rings (SSSR count). The lowest BCUT2D eigenvalue weighted by molar-refractivity contribution is 0.276. The molecule has 0 spiro atoms. The molecule has 9 heavy (non-hydrogen) atoms. The standard InChI is InChI=1S/C3H5N3OS2/c7-2-3-1-6(9-8)5-4-3/h1,7-8H,2H2. The minimum absolute atomic E-state index is 0.0751. The van der Waals surface area contributed by atoms with E-state index in [1.54, 1.807) is 6.20 Å². The number of rotatable bonds is 2. The van der Waals surface area contributed by atoms with Crippen LogP contribution in [0.1, 0.15) is 5.69 Å². The lowest BCUT2D eigenvalue weighted by Crippen LogP contribution is -1.80. The monoisotopic (exact) mass is 163 g/mol. The third kappa shape index (κ3) is 1.60. The van der Waals surface area contributed by atoms with Crippen LogP contribution in [0.25, 0.3) is 0 Å². The first kappa shape index (κ1) is 6.91. The average Bonchev–Trinajstić information content (AvgIpc) is 2.34. The molecule has 0 fully saturated rings. The molecule has 0 saturated heterocycles. The minimum atomic E-state index is -0.0751. The van der Waals surface area contributed by atoms with Gasteiger partial charge in [-0.25, -0.2) is 0 Å². The number of aliphatic hydroxyl groups is 1. The molecule has 50 valence electrons. The SMILES string of the molecule is OCc1cn(SS)nn1. The molecule has 0 aliphatic heterocycles. The zero-order valence-electron chi connectivity index (χ0n) is 4.43. The van der Waals surface area contributed by atoms with E-state index in [-0.39, 0.29) is 6.61 Å². The molecule has 0 saturated carbocycles. The van der Waals surface area contributed by atoms with Crippen molar-refractivity contribution in [1.29, 1.82) is 0 Å². The fourth-order valence-corrected chi connectivity index (χ4v) is 0.870. The molecule has 0 aliphatic carbocycles. The molecular weight excluding hydrogens is 158 g/mol. The summed E-state index contributed by atoms with van der Waals surface area (Å²) in [6.07, 6.45) is 1.61. The summed E-state index contributed by atoms with van der Waals surface area (Å²) >= 11 is 3.86. The lowest BCUT2D eigenvalue weighted by Gasteiger charge is -1.83. The van der Waals surface area contributed by atoms with Gasteiger partial charge in [0.1, 0.15) is 5.69 Å². The van der Waals surface area contributed by atoms with Crippen LogP contribution < -0.4 is 0 Å². The van der Waals surface area contributed by atoms with Gasteiger partial charge in [-0.3, -0.25) is 0 Å². The molecule has 0 aromatic carbocycles. The van der Waals surface area contributed by atoms with E-state index in [4.69, 9.17) is 5.11 Å². The highest BCUT2D eigenvalue weighted by molar-refractivity contribution is 8.67. The second kappa shape index (κ2) is 3.09. The van der Waals surface area contributed by atoms with Gasteiger partial charge in [-0.05, 0) is 0 Å². The molecule has 1 aromatic rings. The number of aromatic nitrogens is 3. The number of hydrogen-bond acceptors (Lipinski definition) is 5. The van der Waals surface area contributed by atoms with E-state index >= 15 is 0 Å². The third-order valence-corrected chi connectivity index (χ3v) is 1.61. The van der Waals surface area contributed by atoms with Crippen molar-refractivity contribution in [2.24, 2.45) is 0 Å². The third-order valence-electron chi connectivity index (χ3n) is 0.766. The Balaban J connectivity index is 2.74. The number of thiol groups is 1. The van der Waals surface area contributed by atoms with Crippen molar-refractivity contribution in [3.8, 4) is 0 Å². The summed E-state index contributed by atoms with van der Waals surface area (Å²) in [6.45, 7) is -0.0751. The Morgan fingerprint density at radius 2 is 2.67 bits per heavy atom. The van der Waals surface area contributed by atoms with Crippen LogP contribution in [0.2, 0.25) is 0 Å². The molecule has 1 aromatic heterocycles. The summed E-state index contributed by atoms with van der Waals surface area (Å²) in [7, 11) is 1.13. The normalized spacial score (nSPS) is 10.0. The maximum Gasteiger partial charge on any atom is 0.109 e. The molecule has 1 N–H and O–H groups in total. The van der Waals surface area contributed by atoms with Crippen LogP contribution in [0.4, 0.5) is 0 Å². The minimum Gasteiger partial charge on any atom is -0.390 e. The quantitative estimate of drug-likeness (QED) is 0.480. The second-order valence-corrected chi connectivity index (χ2v) is 2.38. The van der Waals surface area contributed by atoms with Gasteiger partial charge in [-0.1, -0.05) is 16.9 Å². The van der Waals surface area contributed by atoms with Crippen LogP contribution in [-0.2, 0) is 6.61 Å². The maximum absolute atomic E-state index is 8.50. The van der Waals surface area contributed by atoms with E-state index in [9.17, 15) is 0 Å².